The van der Waals surface area contributed by atoms with Gasteiger partial charge in [-0.1, -0.05) is 6.07 Å². The summed E-state index contributed by atoms with van der Waals surface area (Å²) in [5, 5.41) is 2.51. The van der Waals surface area contributed by atoms with Crippen molar-refractivity contribution >= 4 is 28.4 Å². The Morgan fingerprint density at radius 1 is 1.11 bits per heavy atom. The highest BCUT2D eigenvalue weighted by Gasteiger charge is 2.08. The molecule has 4 nitrogen and oxygen atoms in total. The van der Waals surface area contributed by atoms with Gasteiger partial charge in [0.15, 0.2) is 0 Å². The first-order chi connectivity index (χ1) is 9.11. The highest BCUT2D eigenvalue weighted by Crippen LogP contribution is 2.28. The Bertz CT molecular complexity index is 732. The predicted octanol–water partition coefficient (Wildman–Crippen LogP) is 3.57. The molecule has 0 spiro atoms. The highest BCUT2D eigenvalue weighted by atomic mass is 32.2. The molecule has 1 aromatic carbocycles. The third-order valence-electron chi connectivity index (χ3n) is 2.89. The van der Waals surface area contributed by atoms with Crippen LogP contribution in [0.25, 0.3) is 10.9 Å². The van der Waals surface area contributed by atoms with Gasteiger partial charge >= 0.3 is 0 Å². The van der Waals surface area contributed by atoms with Crippen LogP contribution in [-0.4, -0.2) is 9.97 Å². The Labute approximate surface area is 115 Å². The number of oxazole rings is 1. The molecule has 0 bridgehead atoms. The summed E-state index contributed by atoms with van der Waals surface area (Å²) in [6.07, 6.45) is 0. The van der Waals surface area contributed by atoms with Crippen LogP contribution >= 0.6 is 11.8 Å². The molecule has 2 heterocycles. The number of nitrogen functional groups attached to an aromatic ring is 1. The van der Waals surface area contributed by atoms with E-state index in [1.807, 2.05) is 44.2 Å². The zero-order valence-corrected chi connectivity index (χ0v) is 11.5. The van der Waals surface area contributed by atoms with E-state index in [2.05, 4.69) is 9.97 Å². The molecule has 0 saturated heterocycles. The molecular formula is C14H13N3OS. The van der Waals surface area contributed by atoms with Crippen LogP contribution in [0.4, 0.5) is 5.69 Å². The number of anilines is 1. The van der Waals surface area contributed by atoms with E-state index >= 15 is 0 Å². The summed E-state index contributed by atoms with van der Waals surface area (Å²) < 4.78 is 5.54. The Balaban J connectivity index is 1.95. The largest absolute Gasteiger partial charge is 0.436 e. The molecule has 3 aromatic rings. The van der Waals surface area contributed by atoms with Gasteiger partial charge in [-0.3, -0.25) is 0 Å². The van der Waals surface area contributed by atoms with Crippen LogP contribution in [0.2, 0.25) is 0 Å². The van der Waals surface area contributed by atoms with Crippen LogP contribution in [-0.2, 0) is 0 Å². The first-order valence-electron chi connectivity index (χ1n) is 5.90. The van der Waals surface area contributed by atoms with Crippen molar-refractivity contribution in [3.05, 3.63) is 41.8 Å². The van der Waals surface area contributed by atoms with Gasteiger partial charge in [-0.2, -0.15) is 0 Å². The van der Waals surface area contributed by atoms with Gasteiger partial charge in [-0.15, -0.1) is 0 Å². The molecule has 0 fully saturated rings. The molecule has 0 saturated carbocycles. The van der Waals surface area contributed by atoms with Crippen molar-refractivity contribution in [3.8, 4) is 0 Å². The first-order valence-corrected chi connectivity index (χ1v) is 6.71. The van der Waals surface area contributed by atoms with Crippen LogP contribution in [0.3, 0.4) is 0 Å². The molecule has 0 unspecified atom stereocenters. The van der Waals surface area contributed by atoms with E-state index in [0.717, 1.165) is 33.1 Å². The van der Waals surface area contributed by atoms with Crippen molar-refractivity contribution < 1.29 is 4.42 Å². The standard InChI is InChI=1S/C14H13N3OS/c1-8-9(2)18-14(16-8)19-13-6-3-10-7-11(15)4-5-12(10)17-13/h3-7H,15H2,1-2H3. The number of pyridine rings is 1. The van der Waals surface area contributed by atoms with Crippen LogP contribution in [0, 0.1) is 13.8 Å². The van der Waals surface area contributed by atoms with Crippen molar-refractivity contribution in [3.63, 3.8) is 0 Å². The van der Waals surface area contributed by atoms with E-state index < -0.39 is 0 Å². The fourth-order valence-electron chi connectivity index (χ4n) is 1.76. The normalized spacial score (nSPS) is 11.1. The van der Waals surface area contributed by atoms with Gasteiger partial charge in [0.25, 0.3) is 5.22 Å². The molecule has 5 heteroatoms. The minimum atomic E-state index is 0.622. The number of fused-ring (bicyclic) bond motifs is 1. The second-order valence-corrected chi connectivity index (χ2v) is 5.30. The molecule has 19 heavy (non-hydrogen) atoms. The molecule has 96 valence electrons. The van der Waals surface area contributed by atoms with Crippen molar-refractivity contribution in [1.82, 2.24) is 9.97 Å². The Hall–Kier alpha value is -2.01. The van der Waals surface area contributed by atoms with Gasteiger partial charge in [-0.25, -0.2) is 9.97 Å². The van der Waals surface area contributed by atoms with Gasteiger partial charge in [0.1, 0.15) is 10.8 Å². The third kappa shape index (κ3) is 2.42. The van der Waals surface area contributed by atoms with Crippen LogP contribution in [0.15, 0.2) is 45.0 Å². The predicted molar refractivity (Wildman–Crippen MR) is 76.3 cm³/mol. The lowest BCUT2D eigenvalue weighted by Crippen LogP contribution is -1.87. The van der Waals surface area contributed by atoms with Gasteiger partial charge < -0.3 is 10.2 Å². The summed E-state index contributed by atoms with van der Waals surface area (Å²) in [5.74, 6) is 0.844. The molecule has 0 aliphatic rings. The van der Waals surface area contributed by atoms with Gasteiger partial charge in [0.2, 0.25) is 0 Å². The molecule has 0 aliphatic carbocycles. The Morgan fingerprint density at radius 3 is 2.68 bits per heavy atom. The number of nitrogens with two attached hydrogens (primary N) is 1. The van der Waals surface area contributed by atoms with Crippen LogP contribution in [0.1, 0.15) is 11.5 Å². The summed E-state index contributed by atoms with van der Waals surface area (Å²) in [5.41, 5.74) is 8.32. The summed E-state index contributed by atoms with van der Waals surface area (Å²) >= 11 is 1.42. The zero-order valence-electron chi connectivity index (χ0n) is 10.7. The molecule has 3 rings (SSSR count). The molecule has 0 aliphatic heterocycles. The molecule has 0 atom stereocenters. The van der Waals surface area contributed by atoms with E-state index in [1.54, 1.807) is 0 Å². The number of benzene rings is 1. The molecule has 2 aromatic heterocycles. The summed E-state index contributed by atoms with van der Waals surface area (Å²) in [6.45, 7) is 3.84. The fourth-order valence-corrected chi connectivity index (χ4v) is 2.57. The van der Waals surface area contributed by atoms with Gasteiger partial charge in [0.05, 0.1) is 11.2 Å². The smallest absolute Gasteiger partial charge is 0.262 e. The van der Waals surface area contributed by atoms with Crippen molar-refractivity contribution in [2.75, 3.05) is 5.73 Å². The number of rotatable bonds is 2. The minimum Gasteiger partial charge on any atom is -0.436 e. The van der Waals surface area contributed by atoms with E-state index in [9.17, 15) is 0 Å². The SMILES string of the molecule is Cc1nc(Sc2ccc3cc(N)ccc3n2)oc1C. The van der Waals surface area contributed by atoms with Crippen LogP contribution in [0.5, 0.6) is 0 Å². The average molecular weight is 271 g/mol. The van der Waals surface area contributed by atoms with Gasteiger partial charge in [0, 0.05) is 11.1 Å². The Morgan fingerprint density at radius 2 is 1.95 bits per heavy atom. The molecule has 2 N–H and O–H groups in total. The van der Waals surface area contributed by atoms with E-state index in [4.69, 9.17) is 10.2 Å². The molecule has 0 radical (unpaired) electrons. The van der Waals surface area contributed by atoms with Gasteiger partial charge in [-0.05, 0) is 49.9 Å². The summed E-state index contributed by atoms with van der Waals surface area (Å²) in [4.78, 5) is 8.89. The lowest BCUT2D eigenvalue weighted by molar-refractivity contribution is 0.431. The fraction of sp³-hybridized carbons (Fsp3) is 0.143. The monoisotopic (exact) mass is 271 g/mol. The highest BCUT2D eigenvalue weighted by molar-refractivity contribution is 7.99. The number of hydrogen-bond acceptors (Lipinski definition) is 5. The average Bonchev–Trinajstić information content (AvgIpc) is 2.68. The summed E-state index contributed by atoms with van der Waals surface area (Å²) in [7, 11) is 0. The lowest BCUT2D eigenvalue weighted by Gasteiger charge is -2.01. The molecule has 0 amide bonds. The van der Waals surface area contributed by atoms with E-state index in [-0.39, 0.29) is 0 Å². The third-order valence-corrected chi connectivity index (χ3v) is 3.67. The lowest BCUT2D eigenvalue weighted by atomic mass is 10.2. The number of aryl methyl sites for hydroxylation is 2. The van der Waals surface area contributed by atoms with Crippen molar-refractivity contribution in [1.29, 1.82) is 0 Å². The number of hydrogen-bond donors (Lipinski definition) is 1. The zero-order chi connectivity index (χ0) is 13.4. The van der Waals surface area contributed by atoms with E-state index in [0.29, 0.717) is 5.22 Å². The Kier molecular flexibility index (Phi) is 2.91. The molecular weight excluding hydrogens is 258 g/mol. The first kappa shape index (κ1) is 12.0. The number of nitrogens with zero attached hydrogens (tertiary/aromatic N) is 2. The van der Waals surface area contributed by atoms with Crippen LogP contribution < -0.4 is 5.73 Å². The summed E-state index contributed by atoms with van der Waals surface area (Å²) in [6, 6.07) is 9.63. The number of aromatic nitrogens is 2. The quantitative estimate of drug-likeness (QED) is 0.722. The van der Waals surface area contributed by atoms with Crippen molar-refractivity contribution in [2.24, 2.45) is 0 Å². The topological polar surface area (TPSA) is 64.9 Å². The second-order valence-electron chi connectivity index (χ2n) is 4.33. The minimum absolute atomic E-state index is 0.622. The maximum absolute atomic E-state index is 5.75. The maximum atomic E-state index is 5.75. The van der Waals surface area contributed by atoms with E-state index in [1.165, 1.54) is 11.8 Å². The van der Waals surface area contributed by atoms with Crippen molar-refractivity contribution in [2.45, 2.75) is 24.1 Å². The second kappa shape index (κ2) is 4.59. The maximum Gasteiger partial charge on any atom is 0.262 e.